The molecule has 2 aliphatic heterocycles. The lowest BCUT2D eigenvalue weighted by atomic mass is 9.99. The number of benzene rings is 1. The van der Waals surface area contributed by atoms with Crippen LogP contribution in [0.2, 0.25) is 0 Å². The van der Waals surface area contributed by atoms with Crippen LogP contribution in [0.5, 0.6) is 0 Å². The number of likely N-dealkylation sites (tertiary alicyclic amines) is 1. The number of hydrogen-bond acceptors (Lipinski definition) is 2. The van der Waals surface area contributed by atoms with Crippen molar-refractivity contribution in [1.29, 1.82) is 0 Å². The average molecular weight is 288 g/mol. The first-order valence-electron chi connectivity index (χ1n) is 6.45. The van der Waals surface area contributed by atoms with Crippen LogP contribution in [0.15, 0.2) is 23.1 Å². The number of hydrogen-bond donors (Lipinski definition) is 0. The van der Waals surface area contributed by atoms with E-state index in [0.717, 1.165) is 6.42 Å². The van der Waals surface area contributed by atoms with E-state index in [1.807, 2.05) is 17.8 Å². The molecule has 0 spiro atoms. The molecule has 2 heterocycles. The first kappa shape index (κ1) is 14.2. The molecule has 0 radical (unpaired) electrons. The second kappa shape index (κ2) is 6.27. The van der Waals surface area contributed by atoms with Crippen LogP contribution < -0.4 is 0 Å². The summed E-state index contributed by atoms with van der Waals surface area (Å²) in [5.74, 6) is 1.80. The van der Waals surface area contributed by atoms with Gasteiger partial charge in [-0.05, 0) is 62.0 Å². The minimum absolute atomic E-state index is 0. The molecule has 1 fully saturated rings. The largest absolute Gasteiger partial charge is 0.303 e. The van der Waals surface area contributed by atoms with Crippen LogP contribution >= 0.6 is 24.2 Å². The van der Waals surface area contributed by atoms with Gasteiger partial charge in [0.05, 0.1) is 0 Å². The van der Waals surface area contributed by atoms with Gasteiger partial charge in [0, 0.05) is 17.2 Å². The maximum absolute atomic E-state index is 13.2. The minimum atomic E-state index is -0.0915. The van der Waals surface area contributed by atoms with Gasteiger partial charge in [-0.25, -0.2) is 4.39 Å². The Morgan fingerprint density at radius 3 is 2.83 bits per heavy atom. The molecule has 3 rings (SSSR count). The zero-order valence-corrected chi connectivity index (χ0v) is 12.0. The molecule has 0 aliphatic carbocycles. The molecule has 0 bridgehead atoms. The van der Waals surface area contributed by atoms with E-state index >= 15 is 0 Å². The fourth-order valence-corrected chi connectivity index (χ4v) is 4.00. The highest BCUT2D eigenvalue weighted by Gasteiger charge is 2.23. The van der Waals surface area contributed by atoms with E-state index in [-0.39, 0.29) is 18.2 Å². The molecule has 0 N–H and O–H groups in total. The quantitative estimate of drug-likeness (QED) is 0.817. The van der Waals surface area contributed by atoms with E-state index in [1.165, 1.54) is 48.7 Å². The molecule has 1 atom stereocenters. The average Bonchev–Trinajstić information content (AvgIpc) is 2.81. The van der Waals surface area contributed by atoms with Gasteiger partial charge in [-0.15, -0.1) is 24.2 Å². The van der Waals surface area contributed by atoms with E-state index in [1.54, 1.807) is 12.1 Å². The first-order chi connectivity index (χ1) is 8.31. The summed E-state index contributed by atoms with van der Waals surface area (Å²) in [7, 11) is 0. The molecule has 1 nitrogen and oxygen atoms in total. The van der Waals surface area contributed by atoms with Crippen LogP contribution in [0.1, 0.15) is 18.4 Å². The Kier molecular flexibility index (Phi) is 4.93. The van der Waals surface area contributed by atoms with Crippen LogP contribution in [-0.2, 0) is 6.42 Å². The van der Waals surface area contributed by atoms with Gasteiger partial charge >= 0.3 is 0 Å². The van der Waals surface area contributed by atoms with E-state index in [0.29, 0.717) is 5.92 Å². The van der Waals surface area contributed by atoms with Gasteiger partial charge in [-0.3, -0.25) is 0 Å². The molecule has 18 heavy (non-hydrogen) atoms. The summed E-state index contributed by atoms with van der Waals surface area (Å²) in [4.78, 5) is 3.85. The van der Waals surface area contributed by atoms with E-state index < -0.39 is 0 Å². The maximum Gasteiger partial charge on any atom is 0.123 e. The van der Waals surface area contributed by atoms with Crippen LogP contribution in [0, 0.1) is 11.7 Å². The normalized spacial score (nSPS) is 23.5. The maximum atomic E-state index is 13.2. The molecular weight excluding hydrogens is 269 g/mol. The summed E-state index contributed by atoms with van der Waals surface area (Å²) in [5, 5.41) is 0. The third kappa shape index (κ3) is 3.19. The molecule has 1 saturated heterocycles. The summed E-state index contributed by atoms with van der Waals surface area (Å²) < 4.78 is 13.2. The van der Waals surface area contributed by atoms with Crippen LogP contribution in [0.4, 0.5) is 4.39 Å². The van der Waals surface area contributed by atoms with E-state index in [4.69, 9.17) is 0 Å². The van der Waals surface area contributed by atoms with Crippen LogP contribution in [0.3, 0.4) is 0 Å². The number of halogens is 2. The van der Waals surface area contributed by atoms with Crippen LogP contribution in [0.25, 0.3) is 0 Å². The molecule has 100 valence electrons. The van der Waals surface area contributed by atoms with Crippen molar-refractivity contribution in [1.82, 2.24) is 4.90 Å². The predicted molar refractivity (Wildman–Crippen MR) is 77.2 cm³/mol. The Morgan fingerprint density at radius 1 is 1.28 bits per heavy atom. The van der Waals surface area contributed by atoms with Crippen molar-refractivity contribution >= 4 is 24.2 Å². The lowest BCUT2D eigenvalue weighted by molar-refractivity contribution is 0.288. The molecule has 0 saturated carbocycles. The molecule has 1 aromatic carbocycles. The summed E-state index contributed by atoms with van der Waals surface area (Å²) in [6.07, 6.45) is 3.76. The molecule has 4 heteroatoms. The zero-order chi connectivity index (χ0) is 11.7. The van der Waals surface area contributed by atoms with Crippen molar-refractivity contribution in [2.75, 3.05) is 25.4 Å². The van der Waals surface area contributed by atoms with Crippen molar-refractivity contribution < 1.29 is 4.39 Å². The Balaban J connectivity index is 0.00000120. The lowest BCUT2D eigenvalue weighted by Crippen LogP contribution is -2.30. The molecule has 2 aliphatic rings. The minimum Gasteiger partial charge on any atom is -0.303 e. The summed E-state index contributed by atoms with van der Waals surface area (Å²) >= 11 is 1.90. The summed E-state index contributed by atoms with van der Waals surface area (Å²) in [5.41, 5.74) is 1.21. The second-order valence-electron chi connectivity index (χ2n) is 5.14. The fourth-order valence-electron chi connectivity index (χ4n) is 2.87. The monoisotopic (exact) mass is 287 g/mol. The fraction of sp³-hybridized carbons (Fsp3) is 0.571. The van der Waals surface area contributed by atoms with Gasteiger partial charge in [-0.2, -0.15) is 0 Å². The van der Waals surface area contributed by atoms with Gasteiger partial charge in [0.15, 0.2) is 0 Å². The lowest BCUT2D eigenvalue weighted by Gasteiger charge is -2.27. The predicted octanol–water partition coefficient (Wildman–Crippen LogP) is 3.61. The van der Waals surface area contributed by atoms with Gasteiger partial charge in [-0.1, -0.05) is 0 Å². The molecule has 0 amide bonds. The molecule has 1 unspecified atom stereocenters. The van der Waals surface area contributed by atoms with Gasteiger partial charge in [0.1, 0.15) is 5.82 Å². The second-order valence-corrected chi connectivity index (χ2v) is 6.20. The topological polar surface area (TPSA) is 3.24 Å². The van der Waals surface area contributed by atoms with Crippen molar-refractivity contribution in [3.05, 3.63) is 29.6 Å². The van der Waals surface area contributed by atoms with Crippen molar-refractivity contribution in [3.63, 3.8) is 0 Å². The third-order valence-electron chi connectivity index (χ3n) is 3.72. The van der Waals surface area contributed by atoms with E-state index in [9.17, 15) is 4.39 Å². The van der Waals surface area contributed by atoms with Gasteiger partial charge < -0.3 is 4.90 Å². The smallest absolute Gasteiger partial charge is 0.123 e. The third-order valence-corrected chi connectivity index (χ3v) is 5.07. The molecular formula is C14H19ClFNS. The molecule has 1 aromatic rings. The van der Waals surface area contributed by atoms with E-state index in [2.05, 4.69) is 4.90 Å². The SMILES string of the molecule is Cl.Fc1ccc2c(c1)CC(CN1CCCC1)CS2. The van der Waals surface area contributed by atoms with Gasteiger partial charge in [0.25, 0.3) is 0 Å². The highest BCUT2D eigenvalue weighted by Crippen LogP contribution is 2.33. The Morgan fingerprint density at radius 2 is 2.06 bits per heavy atom. The summed E-state index contributed by atoms with van der Waals surface area (Å²) in [6.45, 7) is 3.72. The zero-order valence-electron chi connectivity index (χ0n) is 10.4. The molecule has 0 aromatic heterocycles. The Hall–Kier alpha value is -0.250. The Bertz CT molecular complexity index is 407. The first-order valence-corrected chi connectivity index (χ1v) is 7.43. The highest BCUT2D eigenvalue weighted by atomic mass is 35.5. The highest BCUT2D eigenvalue weighted by molar-refractivity contribution is 7.99. The van der Waals surface area contributed by atoms with Crippen LogP contribution in [-0.4, -0.2) is 30.3 Å². The number of thioether (sulfide) groups is 1. The number of rotatable bonds is 2. The number of fused-ring (bicyclic) bond motifs is 1. The Labute approximate surface area is 119 Å². The number of nitrogens with zero attached hydrogens (tertiary/aromatic N) is 1. The standard InChI is InChI=1S/C14H18FNS.ClH/c15-13-3-4-14-12(8-13)7-11(10-17-14)9-16-5-1-2-6-16;/h3-4,8,11H,1-2,5-7,9-10H2;1H. The summed E-state index contributed by atoms with van der Waals surface area (Å²) in [6, 6.07) is 5.23. The van der Waals surface area contributed by atoms with Crippen molar-refractivity contribution in [3.8, 4) is 0 Å². The van der Waals surface area contributed by atoms with Crippen molar-refractivity contribution in [2.45, 2.75) is 24.2 Å². The van der Waals surface area contributed by atoms with Gasteiger partial charge in [0.2, 0.25) is 0 Å². The van der Waals surface area contributed by atoms with Crippen molar-refractivity contribution in [2.24, 2.45) is 5.92 Å².